The van der Waals surface area contributed by atoms with Crippen LogP contribution in [-0.4, -0.2) is 53.0 Å². The van der Waals surface area contributed by atoms with Crippen LogP contribution in [-0.2, 0) is 9.53 Å². The maximum Gasteiger partial charge on any atom is 0.282 e. The number of phenols is 1. The molecule has 2 aromatic rings. The van der Waals surface area contributed by atoms with Gasteiger partial charge in [-0.15, -0.1) is 5.10 Å². The van der Waals surface area contributed by atoms with E-state index in [1.54, 1.807) is 30.3 Å². The van der Waals surface area contributed by atoms with Gasteiger partial charge in [0.15, 0.2) is 5.84 Å². The summed E-state index contributed by atoms with van der Waals surface area (Å²) in [4.78, 5) is 25.5. The lowest BCUT2D eigenvalue weighted by atomic mass is 10.1. The van der Waals surface area contributed by atoms with Crippen LogP contribution in [0.5, 0.6) is 5.75 Å². The van der Waals surface area contributed by atoms with Crippen LogP contribution in [0.2, 0.25) is 0 Å². The van der Waals surface area contributed by atoms with Crippen LogP contribution >= 0.6 is 0 Å². The number of aromatic hydroxyl groups is 1. The largest absolute Gasteiger partial charge is 0.508 e. The Morgan fingerprint density at radius 1 is 1.07 bits per heavy atom. The van der Waals surface area contributed by atoms with Crippen molar-refractivity contribution < 1.29 is 19.6 Å². The Hall–Kier alpha value is -3.72. The van der Waals surface area contributed by atoms with E-state index in [0.29, 0.717) is 43.4 Å². The number of nitrogens with zero attached hydrogens (tertiary/aromatic N) is 4. The molecule has 0 radical (unpaired) electrons. The van der Waals surface area contributed by atoms with Crippen molar-refractivity contribution >= 4 is 29.2 Å². The number of nitro benzene ring substituents is 1. The number of anilines is 1. The van der Waals surface area contributed by atoms with Gasteiger partial charge >= 0.3 is 0 Å². The van der Waals surface area contributed by atoms with Crippen LogP contribution in [0.1, 0.15) is 5.56 Å². The fourth-order valence-corrected chi connectivity index (χ4v) is 3.17. The average Bonchev–Trinajstić information content (AvgIpc) is 3.06. The molecule has 2 aromatic carbocycles. The summed E-state index contributed by atoms with van der Waals surface area (Å²) in [6.07, 6.45) is 1.72. The number of hydrogen-bond donors (Lipinski definition) is 1. The Morgan fingerprint density at radius 3 is 2.34 bits per heavy atom. The van der Waals surface area contributed by atoms with Crippen LogP contribution in [0.25, 0.3) is 6.08 Å². The van der Waals surface area contributed by atoms with E-state index in [-0.39, 0.29) is 17.3 Å². The first-order chi connectivity index (χ1) is 14.0. The number of carbonyl (C=O) groups excluding carboxylic acids is 1. The molecule has 0 aliphatic carbocycles. The minimum atomic E-state index is -0.492. The molecule has 9 heteroatoms. The summed E-state index contributed by atoms with van der Waals surface area (Å²) < 4.78 is 5.39. The van der Waals surface area contributed by atoms with Gasteiger partial charge in [-0.2, -0.15) is 5.01 Å². The molecule has 2 aliphatic rings. The SMILES string of the molecule is O=C1/C(=C/c2ccc(O)cc2)C(N2CCOCC2)=NN1c1ccc([N+](=O)[O-])cc1. The maximum absolute atomic E-state index is 13.2. The summed E-state index contributed by atoms with van der Waals surface area (Å²) in [6.45, 7) is 2.29. The maximum atomic E-state index is 13.2. The monoisotopic (exact) mass is 394 g/mol. The summed E-state index contributed by atoms with van der Waals surface area (Å²) in [6, 6.07) is 12.2. The van der Waals surface area contributed by atoms with E-state index in [1.165, 1.54) is 29.3 Å². The molecule has 0 aromatic heterocycles. The second-order valence-electron chi connectivity index (χ2n) is 6.56. The summed E-state index contributed by atoms with van der Waals surface area (Å²) in [5.41, 5.74) is 1.55. The van der Waals surface area contributed by atoms with E-state index in [0.717, 1.165) is 5.56 Å². The Kier molecular flexibility index (Phi) is 4.96. The fourth-order valence-electron chi connectivity index (χ4n) is 3.17. The number of hydrazone groups is 1. The van der Waals surface area contributed by atoms with Gasteiger partial charge in [0.25, 0.3) is 11.6 Å². The highest BCUT2D eigenvalue weighted by atomic mass is 16.6. The molecular formula is C20H18N4O5. The number of amides is 1. The fraction of sp³-hybridized carbons (Fsp3) is 0.200. The zero-order valence-corrected chi connectivity index (χ0v) is 15.4. The summed E-state index contributed by atoms with van der Waals surface area (Å²) in [5, 5.41) is 26.1. The molecule has 2 aliphatic heterocycles. The summed E-state index contributed by atoms with van der Waals surface area (Å²) >= 11 is 0. The number of nitro groups is 1. The normalized spacial score (nSPS) is 18.3. The van der Waals surface area contributed by atoms with Gasteiger partial charge in [0.1, 0.15) is 5.75 Å². The predicted octanol–water partition coefficient (Wildman–Crippen LogP) is 2.38. The number of morpholine rings is 1. The molecule has 4 rings (SSSR count). The second-order valence-corrected chi connectivity index (χ2v) is 6.56. The molecule has 29 heavy (non-hydrogen) atoms. The number of carbonyl (C=O) groups is 1. The van der Waals surface area contributed by atoms with Crippen molar-refractivity contribution in [3.63, 3.8) is 0 Å². The zero-order valence-electron chi connectivity index (χ0n) is 15.4. The topological polar surface area (TPSA) is 109 Å². The standard InChI is InChI=1S/C20H18N4O5/c25-17-7-1-14(2-8-17)13-18-19(22-9-11-29-12-10-22)21-23(20(18)26)15-3-5-16(6-4-15)24(27)28/h1-8,13,25H,9-12H2/b18-13+. The van der Waals surface area contributed by atoms with Crippen molar-refractivity contribution in [1.82, 2.24) is 4.90 Å². The minimum Gasteiger partial charge on any atom is -0.508 e. The summed E-state index contributed by atoms with van der Waals surface area (Å²) in [7, 11) is 0. The molecule has 0 spiro atoms. The Labute approximate surface area is 166 Å². The average molecular weight is 394 g/mol. The van der Waals surface area contributed by atoms with E-state index in [2.05, 4.69) is 5.10 Å². The van der Waals surface area contributed by atoms with Crippen molar-refractivity contribution in [3.8, 4) is 5.75 Å². The van der Waals surface area contributed by atoms with Gasteiger partial charge in [-0.05, 0) is 35.9 Å². The van der Waals surface area contributed by atoms with Crippen molar-refractivity contribution in [2.24, 2.45) is 5.10 Å². The van der Waals surface area contributed by atoms with Gasteiger partial charge in [0.2, 0.25) is 0 Å². The number of non-ortho nitro benzene ring substituents is 1. The second kappa shape index (κ2) is 7.72. The lowest BCUT2D eigenvalue weighted by molar-refractivity contribution is -0.384. The molecule has 0 bridgehead atoms. The minimum absolute atomic E-state index is 0.0577. The van der Waals surface area contributed by atoms with Crippen molar-refractivity contribution in [1.29, 1.82) is 0 Å². The molecule has 0 unspecified atom stereocenters. The van der Waals surface area contributed by atoms with E-state index in [9.17, 15) is 20.0 Å². The number of phenolic OH excluding ortho intramolecular Hbond substituents is 1. The number of benzene rings is 2. The first-order valence-electron chi connectivity index (χ1n) is 9.04. The first kappa shape index (κ1) is 18.6. The Bertz CT molecular complexity index is 993. The van der Waals surface area contributed by atoms with Gasteiger partial charge in [-0.25, -0.2) is 0 Å². The predicted molar refractivity (Wildman–Crippen MR) is 106 cm³/mol. The highest BCUT2D eigenvalue weighted by Gasteiger charge is 2.35. The first-order valence-corrected chi connectivity index (χ1v) is 9.04. The van der Waals surface area contributed by atoms with Crippen LogP contribution in [0.4, 0.5) is 11.4 Å². The number of amidine groups is 1. The molecule has 1 fully saturated rings. The number of hydrogen-bond acceptors (Lipinski definition) is 7. The zero-order chi connectivity index (χ0) is 20.4. The molecule has 0 atom stereocenters. The molecule has 2 heterocycles. The van der Waals surface area contributed by atoms with Gasteiger partial charge in [-0.1, -0.05) is 12.1 Å². The van der Waals surface area contributed by atoms with Crippen LogP contribution in [0.3, 0.4) is 0 Å². The van der Waals surface area contributed by atoms with E-state index >= 15 is 0 Å². The van der Waals surface area contributed by atoms with Crippen LogP contribution in [0.15, 0.2) is 59.2 Å². The van der Waals surface area contributed by atoms with Gasteiger partial charge in [-0.3, -0.25) is 14.9 Å². The molecule has 148 valence electrons. The molecule has 1 saturated heterocycles. The summed E-state index contributed by atoms with van der Waals surface area (Å²) in [5.74, 6) is 0.345. The highest BCUT2D eigenvalue weighted by molar-refractivity contribution is 6.32. The van der Waals surface area contributed by atoms with Crippen molar-refractivity contribution in [3.05, 3.63) is 69.8 Å². The molecule has 9 nitrogen and oxygen atoms in total. The third-order valence-corrected chi connectivity index (χ3v) is 4.68. The van der Waals surface area contributed by atoms with E-state index in [1.807, 2.05) is 4.90 Å². The lowest BCUT2D eigenvalue weighted by Gasteiger charge is -2.28. The van der Waals surface area contributed by atoms with Gasteiger partial charge < -0.3 is 14.7 Å². The third-order valence-electron chi connectivity index (χ3n) is 4.68. The quantitative estimate of drug-likeness (QED) is 0.486. The van der Waals surface area contributed by atoms with Crippen molar-refractivity contribution in [2.45, 2.75) is 0 Å². The van der Waals surface area contributed by atoms with Gasteiger partial charge in [0.05, 0.1) is 29.4 Å². The smallest absolute Gasteiger partial charge is 0.282 e. The molecular weight excluding hydrogens is 376 g/mol. The van der Waals surface area contributed by atoms with Crippen molar-refractivity contribution in [2.75, 3.05) is 31.3 Å². The Morgan fingerprint density at radius 2 is 1.72 bits per heavy atom. The van der Waals surface area contributed by atoms with E-state index < -0.39 is 4.92 Å². The Balaban J connectivity index is 1.71. The molecule has 1 amide bonds. The lowest BCUT2D eigenvalue weighted by Crippen LogP contribution is -2.41. The van der Waals surface area contributed by atoms with Crippen LogP contribution in [0, 0.1) is 10.1 Å². The molecule has 0 saturated carbocycles. The number of ether oxygens (including phenoxy) is 1. The van der Waals surface area contributed by atoms with Gasteiger partial charge in [0, 0.05) is 25.2 Å². The van der Waals surface area contributed by atoms with E-state index in [4.69, 9.17) is 4.74 Å². The molecule has 1 N–H and O–H groups in total. The highest BCUT2D eigenvalue weighted by Crippen LogP contribution is 2.28. The van der Waals surface area contributed by atoms with Crippen LogP contribution < -0.4 is 5.01 Å². The number of rotatable bonds is 3. The third kappa shape index (κ3) is 3.81.